The molecule has 1 heterocycles. The van der Waals surface area contributed by atoms with Crippen molar-refractivity contribution in [3.63, 3.8) is 0 Å². The second-order valence-corrected chi connectivity index (χ2v) is 5.27. The van der Waals surface area contributed by atoms with Gasteiger partial charge in [0.25, 0.3) is 5.91 Å². The van der Waals surface area contributed by atoms with Gasteiger partial charge < -0.3 is 19.6 Å². The van der Waals surface area contributed by atoms with Gasteiger partial charge >= 0.3 is 5.97 Å². The third-order valence-corrected chi connectivity index (χ3v) is 3.53. The van der Waals surface area contributed by atoms with E-state index in [4.69, 9.17) is 9.84 Å². The van der Waals surface area contributed by atoms with Crippen molar-refractivity contribution in [2.75, 3.05) is 38.8 Å². The van der Waals surface area contributed by atoms with E-state index in [1.54, 1.807) is 17.0 Å². The van der Waals surface area contributed by atoms with Gasteiger partial charge in [-0.1, -0.05) is 0 Å². The third kappa shape index (κ3) is 3.72. The molecular weight excluding hydrogens is 272 g/mol. The molecule has 1 aromatic rings. The zero-order valence-electron chi connectivity index (χ0n) is 12.3. The van der Waals surface area contributed by atoms with Crippen molar-refractivity contribution in [3.05, 3.63) is 29.8 Å². The molecule has 0 spiro atoms. The maximum atomic E-state index is 12.5. The minimum Gasteiger partial charge on any atom is -0.481 e. The Morgan fingerprint density at radius 3 is 2.57 bits per heavy atom. The predicted molar refractivity (Wildman–Crippen MR) is 78.7 cm³/mol. The Hall–Kier alpha value is -2.08. The third-order valence-electron chi connectivity index (χ3n) is 3.53. The number of hydrogen-bond acceptors (Lipinski definition) is 4. The summed E-state index contributed by atoms with van der Waals surface area (Å²) in [4.78, 5) is 27.0. The van der Waals surface area contributed by atoms with Gasteiger partial charge in [-0.25, -0.2) is 0 Å². The standard InChI is InChI=1S/C15H20N2O4/c1-16(2)12-5-3-11(4-6-12)15(20)17-7-8-21-10-13(17)9-14(18)19/h3-6,13H,7-10H2,1-2H3,(H,18,19). The van der Waals surface area contributed by atoms with Crippen molar-refractivity contribution in [2.24, 2.45) is 0 Å². The summed E-state index contributed by atoms with van der Waals surface area (Å²) in [6.07, 6.45) is -0.0957. The van der Waals surface area contributed by atoms with Crippen molar-refractivity contribution in [1.82, 2.24) is 4.90 Å². The van der Waals surface area contributed by atoms with Crippen molar-refractivity contribution in [1.29, 1.82) is 0 Å². The summed E-state index contributed by atoms with van der Waals surface area (Å²) in [6.45, 7) is 1.14. The van der Waals surface area contributed by atoms with Gasteiger partial charge in [0, 0.05) is 31.9 Å². The number of rotatable bonds is 4. The molecule has 1 aliphatic heterocycles. The first-order valence-corrected chi connectivity index (χ1v) is 6.87. The first kappa shape index (κ1) is 15.3. The lowest BCUT2D eigenvalue weighted by molar-refractivity contribution is -0.139. The number of benzene rings is 1. The first-order valence-electron chi connectivity index (χ1n) is 6.87. The topological polar surface area (TPSA) is 70.1 Å². The molecule has 1 aliphatic rings. The minimum absolute atomic E-state index is 0.0957. The van der Waals surface area contributed by atoms with Crippen LogP contribution in [0.1, 0.15) is 16.8 Å². The van der Waals surface area contributed by atoms with Crippen LogP contribution in [-0.2, 0) is 9.53 Å². The lowest BCUT2D eigenvalue weighted by Gasteiger charge is -2.35. The van der Waals surface area contributed by atoms with Crippen LogP contribution in [-0.4, -0.2) is 61.8 Å². The van der Waals surface area contributed by atoms with E-state index in [0.29, 0.717) is 18.7 Å². The number of ether oxygens (including phenoxy) is 1. The highest BCUT2D eigenvalue weighted by molar-refractivity contribution is 5.95. The number of carbonyl (C=O) groups excluding carboxylic acids is 1. The van der Waals surface area contributed by atoms with E-state index in [2.05, 4.69) is 0 Å². The smallest absolute Gasteiger partial charge is 0.305 e. The quantitative estimate of drug-likeness (QED) is 0.899. The van der Waals surface area contributed by atoms with E-state index in [9.17, 15) is 9.59 Å². The molecule has 0 bridgehead atoms. The molecule has 0 radical (unpaired) electrons. The van der Waals surface area contributed by atoms with Crippen LogP contribution in [0.5, 0.6) is 0 Å². The van der Waals surface area contributed by atoms with Crippen molar-refractivity contribution in [3.8, 4) is 0 Å². The molecule has 1 N–H and O–H groups in total. The van der Waals surface area contributed by atoms with Crippen molar-refractivity contribution in [2.45, 2.75) is 12.5 Å². The molecule has 6 nitrogen and oxygen atoms in total. The second-order valence-electron chi connectivity index (χ2n) is 5.27. The van der Waals surface area contributed by atoms with Crippen LogP contribution in [0.3, 0.4) is 0 Å². The van der Waals surface area contributed by atoms with E-state index in [1.165, 1.54) is 0 Å². The summed E-state index contributed by atoms with van der Waals surface area (Å²) in [7, 11) is 3.86. The fourth-order valence-corrected chi connectivity index (χ4v) is 2.36. The van der Waals surface area contributed by atoms with Crippen LogP contribution in [0.25, 0.3) is 0 Å². The zero-order valence-corrected chi connectivity index (χ0v) is 12.3. The Labute approximate surface area is 123 Å². The molecule has 2 rings (SSSR count). The highest BCUT2D eigenvalue weighted by Gasteiger charge is 2.29. The van der Waals surface area contributed by atoms with Crippen LogP contribution in [0.15, 0.2) is 24.3 Å². The van der Waals surface area contributed by atoms with Gasteiger partial charge in [0.1, 0.15) is 0 Å². The molecule has 1 saturated heterocycles. The summed E-state index contributed by atoms with van der Waals surface area (Å²) in [5.41, 5.74) is 1.58. The average Bonchev–Trinajstić information content (AvgIpc) is 2.46. The normalized spacial score (nSPS) is 18.4. The van der Waals surface area contributed by atoms with Gasteiger partial charge in [0.15, 0.2) is 0 Å². The number of carboxylic acids is 1. The molecule has 0 saturated carbocycles. The van der Waals surface area contributed by atoms with Gasteiger partial charge in [-0.15, -0.1) is 0 Å². The van der Waals surface area contributed by atoms with Crippen LogP contribution in [0.4, 0.5) is 5.69 Å². The Bertz CT molecular complexity index is 513. The number of anilines is 1. The van der Waals surface area contributed by atoms with E-state index >= 15 is 0 Å². The van der Waals surface area contributed by atoms with Crippen molar-refractivity contribution < 1.29 is 19.4 Å². The summed E-state index contributed by atoms with van der Waals surface area (Å²) >= 11 is 0. The van der Waals surface area contributed by atoms with Gasteiger partial charge in [0.05, 0.1) is 25.7 Å². The molecule has 0 aliphatic carbocycles. The highest BCUT2D eigenvalue weighted by atomic mass is 16.5. The van der Waals surface area contributed by atoms with Crippen LogP contribution < -0.4 is 4.90 Å². The van der Waals surface area contributed by atoms with Gasteiger partial charge in [-0.05, 0) is 24.3 Å². The summed E-state index contributed by atoms with van der Waals surface area (Å²) < 4.78 is 5.29. The van der Waals surface area contributed by atoms with E-state index in [0.717, 1.165) is 5.69 Å². The second kappa shape index (κ2) is 6.58. The number of morpholine rings is 1. The SMILES string of the molecule is CN(C)c1ccc(C(=O)N2CCOCC2CC(=O)O)cc1. The molecule has 6 heteroatoms. The molecule has 1 amide bonds. The van der Waals surface area contributed by atoms with Gasteiger partial charge in [-0.2, -0.15) is 0 Å². The molecule has 1 unspecified atom stereocenters. The zero-order chi connectivity index (χ0) is 15.4. The average molecular weight is 292 g/mol. The van der Waals surface area contributed by atoms with Crippen LogP contribution in [0, 0.1) is 0 Å². The summed E-state index contributed by atoms with van der Waals surface area (Å²) in [5, 5.41) is 8.93. The monoisotopic (exact) mass is 292 g/mol. The molecule has 1 aromatic carbocycles. The predicted octanol–water partition coefficient (Wildman–Crippen LogP) is 1.07. The number of hydrogen-bond donors (Lipinski definition) is 1. The molecule has 21 heavy (non-hydrogen) atoms. The minimum atomic E-state index is -0.925. The number of carboxylic acid groups (broad SMARTS) is 1. The number of amides is 1. The fraction of sp³-hybridized carbons (Fsp3) is 0.467. The lowest BCUT2D eigenvalue weighted by Crippen LogP contribution is -2.49. The van der Waals surface area contributed by atoms with Crippen LogP contribution >= 0.6 is 0 Å². The maximum Gasteiger partial charge on any atom is 0.305 e. The largest absolute Gasteiger partial charge is 0.481 e. The van der Waals surface area contributed by atoms with Crippen LogP contribution in [0.2, 0.25) is 0 Å². The number of carbonyl (C=O) groups is 2. The first-order chi connectivity index (χ1) is 9.99. The van der Waals surface area contributed by atoms with Gasteiger partial charge in [0.2, 0.25) is 0 Å². The Morgan fingerprint density at radius 1 is 1.33 bits per heavy atom. The number of aliphatic carboxylic acids is 1. The Morgan fingerprint density at radius 2 is 2.00 bits per heavy atom. The molecular formula is C15H20N2O4. The van der Waals surface area contributed by atoms with Crippen molar-refractivity contribution >= 4 is 17.6 Å². The molecule has 114 valence electrons. The summed E-state index contributed by atoms with van der Waals surface area (Å²) in [6, 6.07) is 6.88. The Balaban J connectivity index is 2.14. The molecule has 0 aromatic heterocycles. The highest BCUT2D eigenvalue weighted by Crippen LogP contribution is 2.18. The van der Waals surface area contributed by atoms with E-state index in [-0.39, 0.29) is 18.9 Å². The van der Waals surface area contributed by atoms with E-state index < -0.39 is 12.0 Å². The fourth-order valence-electron chi connectivity index (χ4n) is 2.36. The lowest BCUT2D eigenvalue weighted by atomic mass is 10.1. The molecule has 1 fully saturated rings. The summed E-state index contributed by atoms with van der Waals surface area (Å²) in [5.74, 6) is -1.07. The molecule has 1 atom stereocenters. The van der Waals surface area contributed by atoms with Gasteiger partial charge in [-0.3, -0.25) is 9.59 Å². The van der Waals surface area contributed by atoms with E-state index in [1.807, 2.05) is 31.1 Å². The number of nitrogens with zero attached hydrogens (tertiary/aromatic N) is 2. The maximum absolute atomic E-state index is 12.5. The Kier molecular flexibility index (Phi) is 4.80.